The van der Waals surface area contributed by atoms with E-state index in [2.05, 4.69) is 61.7 Å². The van der Waals surface area contributed by atoms with E-state index in [-0.39, 0.29) is 11.8 Å². The molecule has 1 fully saturated rings. The summed E-state index contributed by atoms with van der Waals surface area (Å²) in [5.74, 6) is 2.96. The third kappa shape index (κ3) is 6.46. The van der Waals surface area contributed by atoms with E-state index < -0.39 is 6.04 Å². The van der Waals surface area contributed by atoms with Crippen LogP contribution in [0.2, 0.25) is 0 Å². The second kappa shape index (κ2) is 13.7. The Morgan fingerprint density at radius 2 is 1.66 bits per heavy atom. The smallest absolute Gasteiger partial charge is 0.224 e. The van der Waals surface area contributed by atoms with Gasteiger partial charge >= 0.3 is 0 Å². The van der Waals surface area contributed by atoms with Crippen molar-refractivity contribution in [2.75, 3.05) is 27.3 Å². The van der Waals surface area contributed by atoms with Crippen LogP contribution in [0.1, 0.15) is 47.2 Å². The first-order chi connectivity index (χ1) is 23.1. The molecule has 0 spiro atoms. The van der Waals surface area contributed by atoms with Crippen molar-refractivity contribution < 1.29 is 14.3 Å². The largest absolute Gasteiger partial charge is 0.497 e. The summed E-state index contributed by atoms with van der Waals surface area (Å²) in [6.45, 7) is 2.10. The monoisotopic (exact) mass is 631 g/mol. The van der Waals surface area contributed by atoms with Gasteiger partial charge in [0.2, 0.25) is 5.91 Å². The maximum atomic E-state index is 13.8. The normalized spacial score (nSPS) is 15.6. The first-order valence-electron chi connectivity index (χ1n) is 16.3. The topological polar surface area (TPSA) is 122 Å². The minimum absolute atomic E-state index is 0.0407. The molecule has 10 nitrogen and oxygen atoms in total. The van der Waals surface area contributed by atoms with Crippen molar-refractivity contribution in [3.05, 3.63) is 107 Å². The highest BCUT2D eigenvalue weighted by molar-refractivity contribution is 5.84. The molecular formula is C37H41N7O3. The zero-order valence-corrected chi connectivity index (χ0v) is 26.9. The number of H-pyrrole nitrogens is 2. The van der Waals surface area contributed by atoms with Gasteiger partial charge in [-0.25, -0.2) is 0 Å². The fourth-order valence-electron chi connectivity index (χ4n) is 6.79. The number of nitrogens with zero attached hydrogens (tertiary/aromatic N) is 3. The number of ether oxygens (including phenoxy) is 2. The highest BCUT2D eigenvalue weighted by Gasteiger charge is 2.29. The van der Waals surface area contributed by atoms with Crippen LogP contribution < -0.4 is 20.1 Å². The summed E-state index contributed by atoms with van der Waals surface area (Å²) in [7, 11) is 3.32. The standard InChI is InChI=1S/C37H41N7O3/c1-46-28-15-13-26(34(19-28)47-2)23-44-35(16-14-24-21-39-31-11-5-3-9-29(24)31)42-43-36(44)33(41-37(45)25-8-7-17-38-20-25)18-27-22-40-32-12-6-4-10-30(27)32/h3-6,9-13,15,19,21-22,25,33,38-40H,7-8,14,16-18,20,23H2,1-2H3,(H,41,45)/t25?,33-/m1/s1. The molecule has 2 atom stereocenters. The molecule has 3 aromatic heterocycles. The molecule has 242 valence electrons. The lowest BCUT2D eigenvalue weighted by atomic mass is 9.97. The summed E-state index contributed by atoms with van der Waals surface area (Å²) in [4.78, 5) is 20.6. The number of carbonyl (C=O) groups excluding carboxylic acids is 1. The lowest BCUT2D eigenvalue weighted by molar-refractivity contribution is -0.126. The first-order valence-corrected chi connectivity index (χ1v) is 16.3. The van der Waals surface area contributed by atoms with Gasteiger partial charge in [-0.05, 0) is 61.2 Å². The summed E-state index contributed by atoms with van der Waals surface area (Å²) in [5, 5.41) is 18.7. The average molecular weight is 632 g/mol. The van der Waals surface area contributed by atoms with E-state index in [0.717, 1.165) is 76.5 Å². The number of methoxy groups -OCH3 is 2. The van der Waals surface area contributed by atoms with E-state index in [1.54, 1.807) is 14.2 Å². The molecule has 0 aliphatic carbocycles. The number of hydrogen-bond donors (Lipinski definition) is 4. The van der Waals surface area contributed by atoms with E-state index in [0.29, 0.717) is 25.9 Å². The summed E-state index contributed by atoms with van der Waals surface area (Å²) in [5.41, 5.74) is 5.49. The number of aromatic nitrogens is 5. The van der Waals surface area contributed by atoms with Gasteiger partial charge in [0.1, 0.15) is 17.3 Å². The van der Waals surface area contributed by atoms with Crippen LogP contribution >= 0.6 is 0 Å². The predicted octanol–water partition coefficient (Wildman–Crippen LogP) is 5.49. The van der Waals surface area contributed by atoms with Gasteiger partial charge in [-0.15, -0.1) is 10.2 Å². The molecule has 4 N–H and O–H groups in total. The SMILES string of the molecule is COc1ccc(Cn2c(CCc3c[nH]c4ccccc34)nnc2[C@@H](Cc2c[nH]c3ccccc23)NC(=O)C2CCCNC2)c(OC)c1. The van der Waals surface area contributed by atoms with Crippen molar-refractivity contribution >= 4 is 27.7 Å². The molecule has 6 aromatic rings. The maximum Gasteiger partial charge on any atom is 0.224 e. The molecule has 10 heteroatoms. The number of aromatic amines is 2. The number of benzene rings is 3. The Bertz CT molecular complexity index is 1980. The van der Waals surface area contributed by atoms with Crippen LogP contribution in [0.4, 0.5) is 0 Å². The molecule has 1 unspecified atom stereocenters. The molecule has 0 saturated carbocycles. The van der Waals surface area contributed by atoms with Crippen LogP contribution in [-0.4, -0.2) is 57.9 Å². The molecular weight excluding hydrogens is 590 g/mol. The first kappa shape index (κ1) is 30.6. The second-order valence-corrected chi connectivity index (χ2v) is 12.3. The van der Waals surface area contributed by atoms with Crippen LogP contribution in [0.5, 0.6) is 11.5 Å². The Labute approximate surface area is 273 Å². The van der Waals surface area contributed by atoms with E-state index in [4.69, 9.17) is 19.7 Å². The molecule has 0 radical (unpaired) electrons. The molecule has 4 heterocycles. The quantitative estimate of drug-likeness (QED) is 0.142. The van der Waals surface area contributed by atoms with Crippen molar-refractivity contribution in [3.8, 4) is 11.5 Å². The lowest BCUT2D eigenvalue weighted by Gasteiger charge is -2.26. The van der Waals surface area contributed by atoms with Crippen LogP contribution in [0.15, 0.2) is 79.1 Å². The molecule has 47 heavy (non-hydrogen) atoms. The Morgan fingerprint density at radius 1 is 0.915 bits per heavy atom. The van der Waals surface area contributed by atoms with Gasteiger partial charge in [0.05, 0.1) is 32.7 Å². The number of aryl methyl sites for hydroxylation is 2. The van der Waals surface area contributed by atoms with Crippen LogP contribution in [0, 0.1) is 5.92 Å². The number of piperidine rings is 1. The number of rotatable bonds is 12. The lowest BCUT2D eigenvalue weighted by Crippen LogP contribution is -2.42. The average Bonchev–Trinajstić information content (AvgIpc) is 3.84. The maximum absolute atomic E-state index is 13.8. The highest BCUT2D eigenvalue weighted by Crippen LogP contribution is 2.30. The van der Waals surface area contributed by atoms with Crippen molar-refractivity contribution in [2.24, 2.45) is 5.92 Å². The fourth-order valence-corrected chi connectivity index (χ4v) is 6.79. The molecule has 7 rings (SSSR count). The summed E-state index contributed by atoms with van der Waals surface area (Å²) in [6.07, 6.45) is 7.99. The van der Waals surface area contributed by atoms with E-state index in [1.807, 2.05) is 42.6 Å². The zero-order chi connectivity index (χ0) is 32.2. The number of amides is 1. The predicted molar refractivity (Wildman–Crippen MR) is 183 cm³/mol. The van der Waals surface area contributed by atoms with E-state index >= 15 is 0 Å². The number of carbonyl (C=O) groups is 1. The van der Waals surface area contributed by atoms with Crippen molar-refractivity contribution in [1.29, 1.82) is 0 Å². The minimum atomic E-state index is -0.401. The third-order valence-electron chi connectivity index (χ3n) is 9.37. The van der Waals surface area contributed by atoms with Gasteiger partial charge < -0.3 is 34.6 Å². The van der Waals surface area contributed by atoms with Gasteiger partial charge in [-0.1, -0.05) is 36.4 Å². The number of nitrogens with one attached hydrogen (secondary N) is 4. The van der Waals surface area contributed by atoms with E-state index in [9.17, 15) is 4.79 Å². The van der Waals surface area contributed by atoms with Gasteiger partial charge in [0.15, 0.2) is 5.82 Å². The summed E-state index contributed by atoms with van der Waals surface area (Å²) in [6, 6.07) is 22.1. The molecule has 1 aliphatic heterocycles. The zero-order valence-electron chi connectivity index (χ0n) is 26.9. The van der Waals surface area contributed by atoms with Crippen molar-refractivity contribution in [2.45, 2.75) is 44.7 Å². The molecule has 3 aromatic carbocycles. The van der Waals surface area contributed by atoms with Crippen LogP contribution in [-0.2, 0) is 30.6 Å². The Balaban J connectivity index is 1.27. The molecule has 1 amide bonds. The number of fused-ring (bicyclic) bond motifs is 2. The molecule has 1 aliphatic rings. The molecule has 0 bridgehead atoms. The van der Waals surface area contributed by atoms with Gasteiger partial charge in [-0.3, -0.25) is 4.79 Å². The van der Waals surface area contributed by atoms with Crippen molar-refractivity contribution in [3.63, 3.8) is 0 Å². The van der Waals surface area contributed by atoms with Gasteiger partial charge in [0, 0.05) is 65.2 Å². The third-order valence-corrected chi connectivity index (χ3v) is 9.37. The Hall–Kier alpha value is -5.09. The number of para-hydroxylation sites is 2. The van der Waals surface area contributed by atoms with Crippen LogP contribution in [0.3, 0.4) is 0 Å². The fraction of sp³-hybridized carbons (Fsp3) is 0.324. The molecule has 1 saturated heterocycles. The van der Waals surface area contributed by atoms with Crippen LogP contribution in [0.25, 0.3) is 21.8 Å². The highest BCUT2D eigenvalue weighted by atomic mass is 16.5. The van der Waals surface area contributed by atoms with Crippen molar-refractivity contribution in [1.82, 2.24) is 35.4 Å². The van der Waals surface area contributed by atoms with Gasteiger partial charge in [0.25, 0.3) is 0 Å². The van der Waals surface area contributed by atoms with Gasteiger partial charge in [-0.2, -0.15) is 0 Å². The second-order valence-electron chi connectivity index (χ2n) is 12.3. The number of hydrogen-bond acceptors (Lipinski definition) is 6. The summed E-state index contributed by atoms with van der Waals surface area (Å²) < 4.78 is 13.4. The van der Waals surface area contributed by atoms with E-state index in [1.165, 1.54) is 10.9 Å². The summed E-state index contributed by atoms with van der Waals surface area (Å²) >= 11 is 0. The minimum Gasteiger partial charge on any atom is -0.497 e. The Kier molecular flexibility index (Phi) is 8.92. The Morgan fingerprint density at radius 3 is 2.38 bits per heavy atom.